The molecule has 0 bridgehead atoms. The highest BCUT2D eigenvalue weighted by Gasteiger charge is 2.24. The Bertz CT molecular complexity index is 527. The minimum Gasteiger partial charge on any atom is -0.287 e. The number of hydrogen-bond donors (Lipinski definition) is 0. The Balaban J connectivity index is 2.43. The van der Waals surface area contributed by atoms with E-state index in [2.05, 4.69) is 4.40 Å². The van der Waals surface area contributed by atoms with Crippen molar-refractivity contribution >= 4 is 55.7 Å². The van der Waals surface area contributed by atoms with E-state index in [1.54, 1.807) is 17.5 Å². The fraction of sp³-hybridized carbons (Fsp3) is 0. The minimum absolute atomic E-state index is 0.0613. The van der Waals surface area contributed by atoms with E-state index in [1.165, 1.54) is 22.1 Å². The molecule has 0 atom stereocenters. The van der Waals surface area contributed by atoms with Crippen molar-refractivity contribution in [1.82, 2.24) is 0 Å². The lowest BCUT2D eigenvalue weighted by atomic mass is 10.1. The maximum Gasteiger partial charge on any atom is 0.214 e. The smallest absolute Gasteiger partial charge is 0.214 e. The zero-order valence-corrected chi connectivity index (χ0v) is 10.8. The predicted molar refractivity (Wildman–Crippen MR) is 69.8 cm³/mol. The van der Waals surface area contributed by atoms with Gasteiger partial charge in [0.2, 0.25) is 5.78 Å². The summed E-state index contributed by atoms with van der Waals surface area (Å²) >= 11 is 7.11. The molecule has 1 aromatic rings. The fourth-order valence-corrected chi connectivity index (χ4v) is 4.00. The third kappa shape index (κ3) is 2.18. The molecule has 0 N–H and O–H groups in total. The molecule has 0 aromatic carbocycles. The Morgan fingerprint density at radius 3 is 2.88 bits per heavy atom. The Hall–Kier alpha value is -0.740. The molecular formula is C9H3ClN2OS3. The molecule has 1 aliphatic rings. The summed E-state index contributed by atoms with van der Waals surface area (Å²) in [6, 6.07) is 5.35. The van der Waals surface area contributed by atoms with Crippen molar-refractivity contribution in [2.45, 2.75) is 0 Å². The summed E-state index contributed by atoms with van der Waals surface area (Å²) in [6.07, 6.45) is 0. The zero-order chi connectivity index (χ0) is 11.5. The van der Waals surface area contributed by atoms with Crippen LogP contribution in [0, 0.1) is 11.3 Å². The van der Waals surface area contributed by atoms with E-state index in [9.17, 15) is 4.79 Å². The van der Waals surface area contributed by atoms with E-state index in [1.807, 2.05) is 6.07 Å². The monoisotopic (exact) mass is 286 g/mol. The molecule has 1 aliphatic heterocycles. The Labute approximate surface area is 109 Å². The number of Topliss-reactive ketones (excluding diaryl/α,β-unsaturated/α-hetero) is 1. The van der Waals surface area contributed by atoms with Gasteiger partial charge in [0.25, 0.3) is 0 Å². The molecule has 3 nitrogen and oxygen atoms in total. The number of allylic oxidation sites excluding steroid dienone is 2. The molecule has 0 radical (unpaired) electrons. The second-order valence-electron chi connectivity index (χ2n) is 2.66. The van der Waals surface area contributed by atoms with Crippen LogP contribution in [-0.4, -0.2) is 11.0 Å². The minimum atomic E-state index is -0.296. The number of carbonyl (C=O) groups excluding carboxylic acids is 1. The van der Waals surface area contributed by atoms with Crippen molar-refractivity contribution in [1.29, 1.82) is 5.26 Å². The van der Waals surface area contributed by atoms with Crippen molar-refractivity contribution in [3.05, 3.63) is 32.9 Å². The summed E-state index contributed by atoms with van der Waals surface area (Å²) in [5.41, 5.74) is 0.0613. The van der Waals surface area contributed by atoms with E-state index >= 15 is 0 Å². The van der Waals surface area contributed by atoms with Crippen molar-refractivity contribution in [3.8, 4) is 6.07 Å². The Kier molecular flexibility index (Phi) is 3.71. The standard InChI is InChI=1S/C9H3ClN2OS3/c10-9-8(15-16-12-9)5(4-11)7(13)6-2-1-3-14-6/h1-3H/b8-5-. The molecule has 7 heteroatoms. The van der Waals surface area contributed by atoms with E-state index in [0.29, 0.717) is 9.78 Å². The number of nitrogens with zero attached hydrogens (tertiary/aromatic N) is 2. The number of thiophene rings is 1. The molecule has 0 saturated carbocycles. The van der Waals surface area contributed by atoms with Gasteiger partial charge in [-0.3, -0.25) is 4.79 Å². The molecule has 0 aliphatic carbocycles. The summed E-state index contributed by atoms with van der Waals surface area (Å²) in [5, 5.41) is 11.0. The highest BCUT2D eigenvalue weighted by molar-refractivity contribution is 8.78. The molecule has 80 valence electrons. The van der Waals surface area contributed by atoms with Gasteiger partial charge in [-0.2, -0.15) is 9.66 Å². The lowest BCUT2D eigenvalue weighted by Gasteiger charge is -1.98. The van der Waals surface area contributed by atoms with Gasteiger partial charge >= 0.3 is 0 Å². The Morgan fingerprint density at radius 1 is 1.56 bits per heavy atom. The van der Waals surface area contributed by atoms with Crippen LogP contribution in [0.15, 0.2) is 32.4 Å². The van der Waals surface area contributed by atoms with E-state index in [-0.39, 0.29) is 16.5 Å². The van der Waals surface area contributed by atoms with Gasteiger partial charge < -0.3 is 0 Å². The third-order valence-corrected chi connectivity index (χ3v) is 4.93. The van der Waals surface area contributed by atoms with Crippen LogP contribution in [0.25, 0.3) is 0 Å². The maximum atomic E-state index is 12.0. The van der Waals surface area contributed by atoms with Gasteiger partial charge in [-0.25, -0.2) is 0 Å². The molecule has 0 spiro atoms. The number of carbonyl (C=O) groups is 1. The van der Waals surface area contributed by atoms with E-state index < -0.39 is 0 Å². The molecule has 0 fully saturated rings. The molecule has 2 heterocycles. The van der Waals surface area contributed by atoms with Gasteiger partial charge in [0.05, 0.1) is 20.8 Å². The first-order valence-corrected chi connectivity index (χ1v) is 7.40. The van der Waals surface area contributed by atoms with Gasteiger partial charge in [0.1, 0.15) is 11.6 Å². The van der Waals surface area contributed by atoms with Crippen LogP contribution in [-0.2, 0) is 0 Å². The van der Waals surface area contributed by atoms with E-state index in [4.69, 9.17) is 16.9 Å². The second-order valence-corrected chi connectivity index (χ2v) is 5.82. The molecule has 0 unspecified atom stereocenters. The number of rotatable bonds is 2. The number of hydrogen-bond acceptors (Lipinski definition) is 6. The highest BCUT2D eigenvalue weighted by atomic mass is 35.5. The van der Waals surface area contributed by atoms with Crippen LogP contribution >= 0.6 is 44.7 Å². The number of halogens is 1. The van der Waals surface area contributed by atoms with Crippen molar-refractivity contribution < 1.29 is 4.79 Å². The largest absolute Gasteiger partial charge is 0.287 e. The van der Waals surface area contributed by atoms with Crippen molar-refractivity contribution in [3.63, 3.8) is 0 Å². The average Bonchev–Trinajstić information content (AvgIpc) is 2.91. The van der Waals surface area contributed by atoms with Gasteiger partial charge in [0, 0.05) is 0 Å². The Morgan fingerprint density at radius 2 is 2.38 bits per heavy atom. The van der Waals surface area contributed by atoms with Crippen LogP contribution < -0.4 is 0 Å². The molecule has 2 rings (SSSR count). The summed E-state index contributed by atoms with van der Waals surface area (Å²) in [4.78, 5) is 12.9. The molecule has 0 saturated heterocycles. The SMILES string of the molecule is N#C/C(C(=O)c1cccs1)=C1/SSN=C1Cl. The predicted octanol–water partition coefficient (Wildman–Crippen LogP) is 3.66. The van der Waals surface area contributed by atoms with Crippen LogP contribution in [0.5, 0.6) is 0 Å². The average molecular weight is 287 g/mol. The first kappa shape index (κ1) is 11.7. The number of nitriles is 1. The lowest BCUT2D eigenvalue weighted by molar-refractivity contribution is 0.104. The van der Waals surface area contributed by atoms with Gasteiger partial charge in [-0.1, -0.05) is 17.7 Å². The summed E-state index contributed by atoms with van der Waals surface area (Å²) in [6.45, 7) is 0. The molecular weight excluding hydrogens is 284 g/mol. The normalized spacial score (nSPS) is 17.9. The summed E-state index contributed by atoms with van der Waals surface area (Å²) in [5.74, 6) is -0.296. The third-order valence-electron chi connectivity index (χ3n) is 1.74. The molecule has 1 aromatic heterocycles. The summed E-state index contributed by atoms with van der Waals surface area (Å²) < 4.78 is 3.85. The van der Waals surface area contributed by atoms with Crippen molar-refractivity contribution in [2.24, 2.45) is 4.40 Å². The van der Waals surface area contributed by atoms with Crippen LogP contribution in [0.3, 0.4) is 0 Å². The summed E-state index contributed by atoms with van der Waals surface area (Å²) in [7, 11) is 2.39. The zero-order valence-electron chi connectivity index (χ0n) is 7.64. The maximum absolute atomic E-state index is 12.0. The van der Waals surface area contributed by atoms with Crippen LogP contribution in [0.1, 0.15) is 9.67 Å². The first-order valence-electron chi connectivity index (χ1n) is 4.04. The molecule has 0 amide bonds. The quantitative estimate of drug-likeness (QED) is 0.274. The van der Waals surface area contributed by atoms with Gasteiger partial charge in [0.15, 0.2) is 5.17 Å². The first-order chi connectivity index (χ1) is 7.74. The second kappa shape index (κ2) is 5.06. The van der Waals surface area contributed by atoms with E-state index in [0.717, 1.165) is 11.0 Å². The van der Waals surface area contributed by atoms with Crippen LogP contribution in [0.2, 0.25) is 0 Å². The lowest BCUT2D eigenvalue weighted by Crippen LogP contribution is -2.03. The van der Waals surface area contributed by atoms with Crippen LogP contribution in [0.4, 0.5) is 0 Å². The van der Waals surface area contributed by atoms with Gasteiger partial charge in [-0.05, 0) is 22.2 Å². The molecule has 16 heavy (non-hydrogen) atoms. The van der Waals surface area contributed by atoms with Gasteiger partial charge in [-0.15, -0.1) is 11.3 Å². The van der Waals surface area contributed by atoms with Crippen molar-refractivity contribution in [2.75, 3.05) is 0 Å². The fourth-order valence-electron chi connectivity index (χ4n) is 1.04. The topological polar surface area (TPSA) is 53.2 Å². The number of ketones is 1. The highest BCUT2D eigenvalue weighted by Crippen LogP contribution is 2.42.